The molecule has 2 aliphatic carbocycles. The predicted molar refractivity (Wildman–Crippen MR) is 62.6 cm³/mol. The third kappa shape index (κ3) is 2.80. The van der Waals surface area contributed by atoms with Gasteiger partial charge in [0.1, 0.15) is 0 Å². The summed E-state index contributed by atoms with van der Waals surface area (Å²) < 4.78 is 0. The summed E-state index contributed by atoms with van der Waals surface area (Å²) >= 11 is 0. The van der Waals surface area contributed by atoms with Gasteiger partial charge in [0.2, 0.25) is 0 Å². The molecule has 82 valence electrons. The second kappa shape index (κ2) is 4.78. The van der Waals surface area contributed by atoms with Crippen LogP contribution in [0.2, 0.25) is 0 Å². The van der Waals surface area contributed by atoms with Crippen molar-refractivity contribution in [1.29, 1.82) is 0 Å². The lowest BCUT2D eigenvalue weighted by Crippen LogP contribution is -2.12. The molecule has 1 heteroatoms. The second-order valence-corrected chi connectivity index (χ2v) is 5.01. The van der Waals surface area contributed by atoms with Crippen molar-refractivity contribution in [1.82, 2.24) is 0 Å². The molecule has 0 saturated heterocycles. The zero-order chi connectivity index (χ0) is 10.7. The van der Waals surface area contributed by atoms with Crippen molar-refractivity contribution in [3.05, 3.63) is 23.8 Å². The number of ketones is 1. The summed E-state index contributed by atoms with van der Waals surface area (Å²) in [7, 11) is 0. The molecule has 0 aromatic heterocycles. The number of rotatable bonds is 2. The van der Waals surface area contributed by atoms with Gasteiger partial charge >= 0.3 is 0 Å². The fourth-order valence-corrected chi connectivity index (χ4v) is 3.03. The quantitative estimate of drug-likeness (QED) is 0.627. The number of hydrogen-bond donors (Lipinski definition) is 0. The third-order valence-electron chi connectivity index (χ3n) is 3.78. The van der Waals surface area contributed by atoms with Crippen LogP contribution in [0, 0.1) is 11.8 Å². The Labute approximate surface area is 92.3 Å². The summed E-state index contributed by atoms with van der Waals surface area (Å²) in [6, 6.07) is 0. The zero-order valence-corrected chi connectivity index (χ0v) is 9.54. The van der Waals surface area contributed by atoms with Crippen LogP contribution in [0.5, 0.6) is 0 Å². The van der Waals surface area contributed by atoms with E-state index in [0.717, 1.165) is 11.8 Å². The first-order valence-electron chi connectivity index (χ1n) is 6.12. The van der Waals surface area contributed by atoms with E-state index in [0.29, 0.717) is 0 Å². The molecule has 2 aliphatic rings. The fraction of sp³-hybridized carbons (Fsp3) is 0.643. The maximum atomic E-state index is 10.8. The summed E-state index contributed by atoms with van der Waals surface area (Å²) in [5.41, 5.74) is 1.56. The standard InChI is InChI=1S/C14H20O/c1-11(15)5-4-6-12-9-13-7-2-3-8-14(13)10-12/h4-6,13-14H,2-3,7-10H2,1H3/b5-4+,12-6?. The number of hydrogen-bond acceptors (Lipinski definition) is 1. The Morgan fingerprint density at radius 2 is 1.80 bits per heavy atom. The molecule has 1 nitrogen and oxygen atoms in total. The van der Waals surface area contributed by atoms with E-state index in [1.54, 1.807) is 18.6 Å². The Balaban J connectivity index is 1.93. The van der Waals surface area contributed by atoms with Crippen LogP contribution in [-0.4, -0.2) is 5.78 Å². The highest BCUT2D eigenvalue weighted by atomic mass is 16.1. The van der Waals surface area contributed by atoms with E-state index in [4.69, 9.17) is 0 Å². The average Bonchev–Trinajstić information content (AvgIpc) is 2.59. The van der Waals surface area contributed by atoms with Crippen LogP contribution in [0.25, 0.3) is 0 Å². The molecule has 2 atom stereocenters. The number of carbonyl (C=O) groups excluding carboxylic acids is 1. The molecule has 0 aromatic carbocycles. The van der Waals surface area contributed by atoms with Crippen LogP contribution in [0.1, 0.15) is 45.4 Å². The third-order valence-corrected chi connectivity index (χ3v) is 3.78. The van der Waals surface area contributed by atoms with Gasteiger partial charge in [0.05, 0.1) is 0 Å². The molecule has 0 spiro atoms. The van der Waals surface area contributed by atoms with Gasteiger partial charge in [-0.15, -0.1) is 0 Å². The lowest BCUT2D eigenvalue weighted by molar-refractivity contribution is -0.112. The minimum Gasteiger partial charge on any atom is -0.295 e. The van der Waals surface area contributed by atoms with Gasteiger partial charge in [-0.3, -0.25) is 4.79 Å². The topological polar surface area (TPSA) is 17.1 Å². The molecule has 2 rings (SSSR count). The monoisotopic (exact) mass is 204 g/mol. The maximum Gasteiger partial charge on any atom is 0.152 e. The highest BCUT2D eigenvalue weighted by Gasteiger charge is 2.31. The second-order valence-electron chi connectivity index (χ2n) is 5.01. The molecule has 0 radical (unpaired) electrons. The van der Waals surface area contributed by atoms with E-state index in [1.807, 2.05) is 6.08 Å². The van der Waals surface area contributed by atoms with Gasteiger partial charge < -0.3 is 0 Å². The lowest BCUT2D eigenvalue weighted by Gasteiger charge is -2.23. The Morgan fingerprint density at radius 3 is 2.33 bits per heavy atom. The first kappa shape index (κ1) is 10.7. The van der Waals surface area contributed by atoms with E-state index < -0.39 is 0 Å². The van der Waals surface area contributed by atoms with Crippen molar-refractivity contribution in [2.75, 3.05) is 0 Å². The maximum absolute atomic E-state index is 10.8. The van der Waals surface area contributed by atoms with Crippen molar-refractivity contribution >= 4 is 5.78 Å². The highest BCUT2D eigenvalue weighted by molar-refractivity contribution is 5.87. The van der Waals surface area contributed by atoms with E-state index in [-0.39, 0.29) is 5.78 Å². The molecule has 0 amide bonds. The van der Waals surface area contributed by atoms with Gasteiger partial charge in [0.15, 0.2) is 5.78 Å². The van der Waals surface area contributed by atoms with E-state index in [9.17, 15) is 4.79 Å². The van der Waals surface area contributed by atoms with Crippen molar-refractivity contribution in [2.24, 2.45) is 11.8 Å². The van der Waals surface area contributed by atoms with Crippen LogP contribution in [-0.2, 0) is 4.79 Å². The summed E-state index contributed by atoms with van der Waals surface area (Å²) in [6.45, 7) is 1.60. The van der Waals surface area contributed by atoms with Crippen LogP contribution < -0.4 is 0 Å². The summed E-state index contributed by atoms with van der Waals surface area (Å²) in [6.07, 6.45) is 14.0. The molecule has 2 saturated carbocycles. The van der Waals surface area contributed by atoms with Gasteiger partial charge in [-0.2, -0.15) is 0 Å². The Morgan fingerprint density at radius 1 is 1.20 bits per heavy atom. The van der Waals surface area contributed by atoms with Crippen molar-refractivity contribution < 1.29 is 4.79 Å². The van der Waals surface area contributed by atoms with Gasteiger partial charge in [0.25, 0.3) is 0 Å². The smallest absolute Gasteiger partial charge is 0.152 e. The number of allylic oxidation sites excluding steroid dienone is 4. The Bertz CT molecular complexity index is 282. The summed E-state index contributed by atoms with van der Waals surface area (Å²) in [4.78, 5) is 10.8. The largest absolute Gasteiger partial charge is 0.295 e. The van der Waals surface area contributed by atoms with Gasteiger partial charge in [0, 0.05) is 0 Å². The molecular weight excluding hydrogens is 184 g/mol. The first-order valence-corrected chi connectivity index (χ1v) is 6.12. The number of fused-ring (bicyclic) bond motifs is 1. The molecule has 2 unspecified atom stereocenters. The van der Waals surface area contributed by atoms with Crippen molar-refractivity contribution in [3.8, 4) is 0 Å². The van der Waals surface area contributed by atoms with E-state index >= 15 is 0 Å². The minimum absolute atomic E-state index is 0.141. The summed E-state index contributed by atoms with van der Waals surface area (Å²) in [5, 5.41) is 0. The van der Waals surface area contributed by atoms with Crippen molar-refractivity contribution in [2.45, 2.75) is 45.4 Å². The minimum atomic E-state index is 0.141. The molecular formula is C14H20O. The molecule has 0 N–H and O–H groups in total. The Hall–Kier alpha value is -0.850. The van der Waals surface area contributed by atoms with Crippen molar-refractivity contribution in [3.63, 3.8) is 0 Å². The normalized spacial score (nSPS) is 30.6. The number of carbonyl (C=O) groups is 1. The van der Waals surface area contributed by atoms with Gasteiger partial charge in [-0.25, -0.2) is 0 Å². The van der Waals surface area contributed by atoms with E-state index in [1.165, 1.54) is 38.5 Å². The predicted octanol–water partition coefficient (Wildman–Crippen LogP) is 3.66. The molecule has 0 aromatic rings. The first-order chi connectivity index (χ1) is 7.25. The molecule has 15 heavy (non-hydrogen) atoms. The molecule has 0 heterocycles. The van der Waals surface area contributed by atoms with Crippen LogP contribution in [0.3, 0.4) is 0 Å². The highest BCUT2D eigenvalue weighted by Crippen LogP contribution is 2.44. The van der Waals surface area contributed by atoms with Crippen LogP contribution in [0.4, 0.5) is 0 Å². The molecule has 0 bridgehead atoms. The fourth-order valence-electron chi connectivity index (χ4n) is 3.03. The lowest BCUT2D eigenvalue weighted by atomic mass is 9.82. The van der Waals surface area contributed by atoms with Gasteiger partial charge in [-0.05, 0) is 50.5 Å². The van der Waals surface area contributed by atoms with Gasteiger partial charge in [-0.1, -0.05) is 30.6 Å². The van der Waals surface area contributed by atoms with Crippen LogP contribution in [0.15, 0.2) is 23.8 Å². The molecule has 2 fully saturated rings. The Kier molecular flexibility index (Phi) is 3.40. The average molecular weight is 204 g/mol. The molecule has 0 aliphatic heterocycles. The van der Waals surface area contributed by atoms with Crippen LogP contribution >= 0.6 is 0 Å². The zero-order valence-electron chi connectivity index (χ0n) is 9.54. The SMILES string of the molecule is CC(=O)/C=C/C=C1CC2CCCCC2C1. The van der Waals surface area contributed by atoms with E-state index in [2.05, 4.69) is 6.08 Å². The summed E-state index contributed by atoms with van der Waals surface area (Å²) in [5.74, 6) is 2.05.